The normalized spacial score (nSPS) is 10.5. The Labute approximate surface area is 116 Å². The number of hydrogen-bond acceptors (Lipinski definition) is 5. The molecule has 0 aliphatic rings. The first kappa shape index (κ1) is 13.6. The Hall–Kier alpha value is -1.80. The van der Waals surface area contributed by atoms with E-state index in [0.717, 1.165) is 17.4 Å². The fraction of sp³-hybridized carbons (Fsp3) is 0.0909. The summed E-state index contributed by atoms with van der Waals surface area (Å²) in [6.45, 7) is 0. The van der Waals surface area contributed by atoms with Crippen LogP contribution in [0.5, 0.6) is 0 Å². The second-order valence-corrected chi connectivity index (χ2v) is 5.15. The minimum atomic E-state index is -0.822. The van der Waals surface area contributed by atoms with Gasteiger partial charge in [-0.05, 0) is 24.4 Å². The zero-order valence-corrected chi connectivity index (χ0v) is 11.3. The lowest BCUT2D eigenvalue weighted by molar-refractivity contribution is 0.0607. The fourth-order valence-electron chi connectivity index (χ4n) is 1.51. The van der Waals surface area contributed by atoms with Crippen molar-refractivity contribution in [2.75, 3.05) is 12.8 Å². The number of aromatic nitrogens is 1. The van der Waals surface area contributed by atoms with Crippen molar-refractivity contribution in [3.8, 4) is 5.69 Å². The summed E-state index contributed by atoms with van der Waals surface area (Å²) in [7, 11) is 1.20. The van der Waals surface area contributed by atoms with Crippen LogP contribution >= 0.6 is 23.6 Å². The maximum absolute atomic E-state index is 13.7. The van der Waals surface area contributed by atoms with Gasteiger partial charge < -0.3 is 10.5 Å². The van der Waals surface area contributed by atoms with Crippen LogP contribution in [-0.4, -0.2) is 17.6 Å². The number of nitrogens with zero attached hydrogens (tertiary/aromatic N) is 1. The molecule has 100 valence electrons. The van der Waals surface area contributed by atoms with Gasteiger partial charge in [-0.25, -0.2) is 13.6 Å². The first-order chi connectivity index (χ1) is 8.95. The average molecular weight is 302 g/mol. The van der Waals surface area contributed by atoms with Gasteiger partial charge in [0.15, 0.2) is 8.83 Å². The standard InChI is InChI=1S/C11H8F2N2O2S2/c1-17-10(16)8-9(14)15(11(18)19-8)7-3-2-5(12)4-6(7)13/h2-4H,14H2,1H3. The van der Waals surface area contributed by atoms with E-state index in [1.165, 1.54) is 17.7 Å². The predicted molar refractivity (Wildman–Crippen MR) is 70.1 cm³/mol. The molecule has 0 amide bonds. The number of nitrogen functional groups attached to an aromatic ring is 1. The number of benzene rings is 1. The number of methoxy groups -OCH3 is 1. The Bertz CT molecular complexity index is 709. The second-order valence-electron chi connectivity index (χ2n) is 3.51. The lowest BCUT2D eigenvalue weighted by atomic mass is 10.3. The highest BCUT2D eigenvalue weighted by Gasteiger charge is 2.20. The minimum Gasteiger partial charge on any atom is -0.465 e. The molecule has 0 saturated carbocycles. The van der Waals surface area contributed by atoms with E-state index < -0.39 is 17.6 Å². The van der Waals surface area contributed by atoms with E-state index in [1.807, 2.05) is 0 Å². The van der Waals surface area contributed by atoms with E-state index >= 15 is 0 Å². The van der Waals surface area contributed by atoms with E-state index in [-0.39, 0.29) is 20.3 Å². The fourth-order valence-corrected chi connectivity index (χ4v) is 2.79. The minimum absolute atomic E-state index is 0.0182. The van der Waals surface area contributed by atoms with Crippen molar-refractivity contribution in [1.29, 1.82) is 0 Å². The molecule has 0 fully saturated rings. The number of thiazole rings is 1. The SMILES string of the molecule is COC(=O)c1sc(=S)n(-c2ccc(F)cc2F)c1N. The van der Waals surface area contributed by atoms with Gasteiger partial charge in [-0.15, -0.1) is 0 Å². The molecule has 0 radical (unpaired) electrons. The molecule has 2 N–H and O–H groups in total. The van der Waals surface area contributed by atoms with Crippen molar-refractivity contribution in [2.24, 2.45) is 0 Å². The van der Waals surface area contributed by atoms with Crippen LogP contribution in [0.25, 0.3) is 5.69 Å². The largest absolute Gasteiger partial charge is 0.465 e. The zero-order chi connectivity index (χ0) is 14.2. The molecule has 0 aliphatic heterocycles. The van der Waals surface area contributed by atoms with Crippen molar-refractivity contribution in [2.45, 2.75) is 0 Å². The van der Waals surface area contributed by atoms with Crippen molar-refractivity contribution in [1.82, 2.24) is 4.57 Å². The summed E-state index contributed by atoms with van der Waals surface area (Å²) in [4.78, 5) is 11.5. The van der Waals surface area contributed by atoms with Gasteiger partial charge in [0, 0.05) is 6.07 Å². The Kier molecular flexibility index (Phi) is 3.63. The Morgan fingerprint density at radius 2 is 2.16 bits per heavy atom. The van der Waals surface area contributed by atoms with Gasteiger partial charge in [0.2, 0.25) is 0 Å². The zero-order valence-electron chi connectivity index (χ0n) is 9.65. The number of hydrogen-bond donors (Lipinski definition) is 1. The molecular weight excluding hydrogens is 294 g/mol. The highest BCUT2D eigenvalue weighted by Crippen LogP contribution is 2.28. The number of rotatable bonds is 2. The summed E-state index contributed by atoms with van der Waals surface area (Å²) < 4.78 is 32.5. The molecule has 0 spiro atoms. The Balaban J connectivity index is 2.67. The first-order valence-corrected chi connectivity index (χ1v) is 6.23. The smallest absolute Gasteiger partial charge is 0.351 e. The molecular formula is C11H8F2N2O2S2. The van der Waals surface area contributed by atoms with Crippen molar-refractivity contribution in [3.63, 3.8) is 0 Å². The van der Waals surface area contributed by atoms with E-state index in [2.05, 4.69) is 4.74 Å². The van der Waals surface area contributed by atoms with Gasteiger partial charge in [0.05, 0.1) is 12.8 Å². The number of carbonyl (C=O) groups is 1. The number of ether oxygens (including phenoxy) is 1. The summed E-state index contributed by atoms with van der Waals surface area (Å²) in [5, 5.41) is 0. The van der Waals surface area contributed by atoms with Crippen LogP contribution in [0, 0.1) is 15.6 Å². The highest BCUT2D eigenvalue weighted by molar-refractivity contribution is 7.73. The summed E-state index contributed by atoms with van der Waals surface area (Å²) in [5.74, 6) is -2.23. The van der Waals surface area contributed by atoms with Gasteiger partial charge in [-0.2, -0.15) is 0 Å². The van der Waals surface area contributed by atoms with E-state index in [1.54, 1.807) is 0 Å². The molecule has 0 aliphatic carbocycles. The van der Waals surface area contributed by atoms with Gasteiger partial charge in [0.1, 0.15) is 17.5 Å². The molecule has 4 nitrogen and oxygen atoms in total. The van der Waals surface area contributed by atoms with Crippen molar-refractivity contribution in [3.05, 3.63) is 38.7 Å². The molecule has 0 saturated heterocycles. The third kappa shape index (κ3) is 2.36. The van der Waals surface area contributed by atoms with E-state index in [0.29, 0.717) is 6.07 Å². The number of esters is 1. The average Bonchev–Trinajstić information content (AvgIpc) is 2.65. The predicted octanol–water partition coefficient (Wildman–Crippen LogP) is 2.92. The second kappa shape index (κ2) is 5.06. The summed E-state index contributed by atoms with van der Waals surface area (Å²) in [6.07, 6.45) is 0. The maximum Gasteiger partial charge on any atom is 0.351 e. The molecule has 19 heavy (non-hydrogen) atoms. The highest BCUT2D eigenvalue weighted by atomic mass is 32.1. The van der Waals surface area contributed by atoms with Crippen molar-refractivity contribution < 1.29 is 18.3 Å². The molecule has 0 unspecified atom stereocenters. The molecule has 1 aromatic carbocycles. The molecule has 2 aromatic rings. The van der Waals surface area contributed by atoms with Gasteiger partial charge in [0.25, 0.3) is 0 Å². The van der Waals surface area contributed by atoms with Crippen LogP contribution in [0.4, 0.5) is 14.6 Å². The van der Waals surface area contributed by atoms with Crippen LogP contribution in [0.15, 0.2) is 18.2 Å². The van der Waals surface area contributed by atoms with Gasteiger partial charge in [-0.3, -0.25) is 4.57 Å². The van der Waals surface area contributed by atoms with E-state index in [9.17, 15) is 13.6 Å². The summed E-state index contributed by atoms with van der Waals surface area (Å²) in [6, 6.07) is 2.99. The van der Waals surface area contributed by atoms with Crippen LogP contribution in [0.1, 0.15) is 9.67 Å². The quantitative estimate of drug-likeness (QED) is 0.684. The number of carbonyl (C=O) groups excluding carboxylic acids is 1. The number of halogens is 2. The molecule has 2 rings (SSSR count). The van der Waals surface area contributed by atoms with Gasteiger partial charge in [-0.1, -0.05) is 11.3 Å². The lowest BCUT2D eigenvalue weighted by Crippen LogP contribution is -2.07. The molecule has 0 bridgehead atoms. The lowest BCUT2D eigenvalue weighted by Gasteiger charge is -2.07. The molecule has 8 heteroatoms. The first-order valence-electron chi connectivity index (χ1n) is 5.00. The van der Waals surface area contributed by atoms with Crippen LogP contribution in [0.2, 0.25) is 0 Å². The monoisotopic (exact) mass is 302 g/mol. The summed E-state index contributed by atoms with van der Waals surface area (Å²) >= 11 is 5.93. The molecule has 1 aromatic heterocycles. The van der Waals surface area contributed by atoms with Crippen LogP contribution in [0.3, 0.4) is 0 Å². The summed E-state index contributed by atoms with van der Waals surface area (Å²) in [5.41, 5.74) is 5.75. The van der Waals surface area contributed by atoms with Gasteiger partial charge >= 0.3 is 5.97 Å². The van der Waals surface area contributed by atoms with Crippen LogP contribution < -0.4 is 5.73 Å². The Morgan fingerprint density at radius 3 is 2.74 bits per heavy atom. The number of anilines is 1. The van der Waals surface area contributed by atoms with Crippen molar-refractivity contribution >= 4 is 35.3 Å². The maximum atomic E-state index is 13.7. The third-order valence-electron chi connectivity index (χ3n) is 2.37. The Morgan fingerprint density at radius 1 is 1.47 bits per heavy atom. The topological polar surface area (TPSA) is 57.2 Å². The molecule has 1 heterocycles. The molecule has 0 atom stereocenters. The van der Waals surface area contributed by atoms with Crippen LogP contribution in [-0.2, 0) is 4.74 Å². The van der Waals surface area contributed by atoms with E-state index in [4.69, 9.17) is 18.0 Å². The third-order valence-corrected chi connectivity index (χ3v) is 3.74. The number of nitrogens with two attached hydrogens (primary N) is 1.